The van der Waals surface area contributed by atoms with Crippen molar-refractivity contribution < 1.29 is 9.18 Å². The Morgan fingerprint density at radius 3 is 2.84 bits per heavy atom. The number of amides is 1. The van der Waals surface area contributed by atoms with Gasteiger partial charge in [-0.15, -0.1) is 0 Å². The predicted octanol–water partition coefficient (Wildman–Crippen LogP) is 2.81. The van der Waals surface area contributed by atoms with E-state index in [1.165, 1.54) is 12.1 Å². The van der Waals surface area contributed by atoms with Gasteiger partial charge in [0, 0.05) is 37.7 Å². The Bertz CT molecular complexity index is 767. The molecule has 2 aromatic rings. The standard InChI is InChI=1S/C19H21FN4O/c20-16-7-6-14-4-2-11-24(17(14)12-16)18(25)15-5-1-10-23(13-15)19-21-8-3-9-22-19/h3,6-9,12,15H,1-2,4-5,10-11,13H2/t15-/m0/s1. The Morgan fingerprint density at radius 1 is 1.16 bits per heavy atom. The molecule has 0 unspecified atom stereocenters. The molecule has 2 aliphatic rings. The zero-order valence-electron chi connectivity index (χ0n) is 14.1. The molecule has 0 aliphatic carbocycles. The Labute approximate surface area is 146 Å². The summed E-state index contributed by atoms with van der Waals surface area (Å²) in [6.07, 6.45) is 7.04. The average molecular weight is 340 g/mol. The Morgan fingerprint density at radius 2 is 2.00 bits per heavy atom. The lowest BCUT2D eigenvalue weighted by molar-refractivity contribution is -0.122. The van der Waals surface area contributed by atoms with Gasteiger partial charge in [0.2, 0.25) is 11.9 Å². The largest absolute Gasteiger partial charge is 0.340 e. The molecule has 5 nitrogen and oxygen atoms in total. The van der Waals surface area contributed by atoms with Gasteiger partial charge in [0.05, 0.1) is 5.92 Å². The maximum absolute atomic E-state index is 13.7. The highest BCUT2D eigenvalue weighted by Crippen LogP contribution is 2.31. The van der Waals surface area contributed by atoms with Gasteiger partial charge >= 0.3 is 0 Å². The van der Waals surface area contributed by atoms with Crippen LogP contribution < -0.4 is 9.80 Å². The van der Waals surface area contributed by atoms with Crippen LogP contribution >= 0.6 is 0 Å². The summed E-state index contributed by atoms with van der Waals surface area (Å²) < 4.78 is 13.7. The van der Waals surface area contributed by atoms with Gasteiger partial charge in [0.15, 0.2) is 0 Å². The number of piperidine rings is 1. The summed E-state index contributed by atoms with van der Waals surface area (Å²) in [5.41, 5.74) is 1.80. The number of hydrogen-bond donors (Lipinski definition) is 0. The molecule has 1 amide bonds. The van der Waals surface area contributed by atoms with Crippen molar-refractivity contribution in [2.24, 2.45) is 5.92 Å². The van der Waals surface area contributed by atoms with Gasteiger partial charge in [-0.1, -0.05) is 6.07 Å². The number of carbonyl (C=O) groups excluding carboxylic acids is 1. The molecular weight excluding hydrogens is 319 g/mol. The minimum absolute atomic E-state index is 0.0900. The summed E-state index contributed by atoms with van der Waals surface area (Å²) in [5.74, 6) is 0.366. The molecule has 0 saturated carbocycles. The second-order valence-corrected chi connectivity index (χ2v) is 6.70. The highest BCUT2D eigenvalue weighted by molar-refractivity contribution is 5.96. The van der Waals surface area contributed by atoms with Crippen LogP contribution in [-0.4, -0.2) is 35.5 Å². The van der Waals surface area contributed by atoms with E-state index in [2.05, 4.69) is 14.9 Å². The third-order valence-electron chi connectivity index (χ3n) is 5.04. The molecule has 1 saturated heterocycles. The first-order valence-electron chi connectivity index (χ1n) is 8.84. The predicted molar refractivity (Wildman–Crippen MR) is 94.0 cm³/mol. The minimum atomic E-state index is -0.290. The van der Waals surface area contributed by atoms with Gasteiger partial charge in [-0.05, 0) is 49.4 Å². The van der Waals surface area contributed by atoms with Gasteiger partial charge in [-0.25, -0.2) is 14.4 Å². The second-order valence-electron chi connectivity index (χ2n) is 6.70. The first kappa shape index (κ1) is 16.0. The number of hydrogen-bond acceptors (Lipinski definition) is 4. The fourth-order valence-electron chi connectivity index (χ4n) is 3.81. The van der Waals surface area contributed by atoms with E-state index in [0.29, 0.717) is 19.0 Å². The number of carbonyl (C=O) groups is 1. The molecule has 4 rings (SSSR count). The van der Waals surface area contributed by atoms with Gasteiger partial charge in [-0.3, -0.25) is 4.79 Å². The first-order valence-corrected chi connectivity index (χ1v) is 8.84. The van der Waals surface area contributed by atoms with Crippen molar-refractivity contribution in [1.29, 1.82) is 0 Å². The number of nitrogens with zero attached hydrogens (tertiary/aromatic N) is 4. The van der Waals surface area contributed by atoms with E-state index in [0.717, 1.165) is 43.5 Å². The number of aryl methyl sites for hydroxylation is 1. The minimum Gasteiger partial charge on any atom is -0.340 e. The maximum Gasteiger partial charge on any atom is 0.231 e. The van der Waals surface area contributed by atoms with E-state index in [4.69, 9.17) is 0 Å². The van der Waals surface area contributed by atoms with Crippen molar-refractivity contribution in [2.75, 3.05) is 29.4 Å². The van der Waals surface area contributed by atoms with Crippen LogP contribution in [0.5, 0.6) is 0 Å². The lowest BCUT2D eigenvalue weighted by Gasteiger charge is -2.37. The van der Waals surface area contributed by atoms with E-state index >= 15 is 0 Å². The molecule has 0 bridgehead atoms. The van der Waals surface area contributed by atoms with Crippen molar-refractivity contribution >= 4 is 17.5 Å². The van der Waals surface area contributed by atoms with Gasteiger partial charge in [0.1, 0.15) is 5.82 Å². The molecule has 0 N–H and O–H groups in total. The fraction of sp³-hybridized carbons (Fsp3) is 0.421. The lowest BCUT2D eigenvalue weighted by atomic mass is 9.94. The normalized spacial score (nSPS) is 20.3. The molecule has 25 heavy (non-hydrogen) atoms. The van der Waals surface area contributed by atoms with Crippen molar-refractivity contribution in [3.8, 4) is 0 Å². The molecule has 1 fully saturated rings. The summed E-state index contributed by atoms with van der Waals surface area (Å²) in [7, 11) is 0. The molecule has 6 heteroatoms. The van der Waals surface area contributed by atoms with Crippen LogP contribution in [0.1, 0.15) is 24.8 Å². The SMILES string of the molecule is O=C([C@H]1CCCN(c2ncccn2)C1)N1CCCc2ccc(F)cc21. The van der Waals surface area contributed by atoms with Crippen molar-refractivity contribution in [2.45, 2.75) is 25.7 Å². The van der Waals surface area contributed by atoms with E-state index < -0.39 is 0 Å². The number of anilines is 2. The van der Waals surface area contributed by atoms with Crippen LogP contribution in [0.4, 0.5) is 16.0 Å². The maximum atomic E-state index is 13.7. The molecule has 3 heterocycles. The summed E-state index contributed by atoms with van der Waals surface area (Å²) in [5, 5.41) is 0. The van der Waals surface area contributed by atoms with Crippen LogP contribution in [0.2, 0.25) is 0 Å². The molecule has 130 valence electrons. The van der Waals surface area contributed by atoms with Crippen molar-refractivity contribution in [3.05, 3.63) is 48.0 Å². The van der Waals surface area contributed by atoms with Gasteiger partial charge < -0.3 is 9.80 Å². The van der Waals surface area contributed by atoms with Crippen LogP contribution in [0.3, 0.4) is 0 Å². The smallest absolute Gasteiger partial charge is 0.231 e. The Balaban J connectivity index is 1.54. The lowest BCUT2D eigenvalue weighted by Crippen LogP contribution is -2.47. The monoisotopic (exact) mass is 340 g/mol. The summed E-state index contributed by atoms with van der Waals surface area (Å²) in [6.45, 7) is 2.14. The van der Waals surface area contributed by atoms with Crippen LogP contribution in [0.15, 0.2) is 36.7 Å². The summed E-state index contributed by atoms with van der Waals surface area (Å²) in [6, 6.07) is 6.56. The quantitative estimate of drug-likeness (QED) is 0.843. The zero-order chi connectivity index (χ0) is 17.2. The van der Waals surface area contributed by atoms with Gasteiger partial charge in [-0.2, -0.15) is 0 Å². The number of aromatic nitrogens is 2. The molecule has 2 aliphatic heterocycles. The zero-order valence-corrected chi connectivity index (χ0v) is 14.1. The fourth-order valence-corrected chi connectivity index (χ4v) is 3.81. The third-order valence-corrected chi connectivity index (χ3v) is 5.04. The molecule has 0 spiro atoms. The Kier molecular flexibility index (Phi) is 4.34. The second kappa shape index (κ2) is 6.78. The molecule has 1 aromatic heterocycles. The van der Waals surface area contributed by atoms with E-state index in [1.54, 1.807) is 29.4 Å². The number of rotatable bonds is 2. The van der Waals surface area contributed by atoms with E-state index in [1.807, 2.05) is 0 Å². The number of fused-ring (bicyclic) bond motifs is 1. The Hall–Kier alpha value is -2.50. The molecule has 0 radical (unpaired) electrons. The van der Waals surface area contributed by atoms with Crippen LogP contribution in [0, 0.1) is 11.7 Å². The first-order chi connectivity index (χ1) is 12.2. The molecule has 1 atom stereocenters. The van der Waals surface area contributed by atoms with Crippen LogP contribution in [-0.2, 0) is 11.2 Å². The molecular formula is C19H21FN4O. The average Bonchev–Trinajstić information content (AvgIpc) is 2.68. The third kappa shape index (κ3) is 3.21. The molecule has 1 aromatic carbocycles. The highest BCUT2D eigenvalue weighted by Gasteiger charge is 2.32. The number of halogens is 1. The summed E-state index contributed by atoms with van der Waals surface area (Å²) in [4.78, 5) is 25.6. The van der Waals surface area contributed by atoms with E-state index in [9.17, 15) is 9.18 Å². The van der Waals surface area contributed by atoms with Crippen LogP contribution in [0.25, 0.3) is 0 Å². The highest BCUT2D eigenvalue weighted by atomic mass is 19.1. The number of benzene rings is 1. The van der Waals surface area contributed by atoms with Crippen molar-refractivity contribution in [1.82, 2.24) is 9.97 Å². The summed E-state index contributed by atoms with van der Waals surface area (Å²) >= 11 is 0. The van der Waals surface area contributed by atoms with Crippen molar-refractivity contribution in [3.63, 3.8) is 0 Å². The van der Waals surface area contributed by atoms with E-state index in [-0.39, 0.29) is 17.6 Å². The van der Waals surface area contributed by atoms with Gasteiger partial charge in [0.25, 0.3) is 0 Å². The topological polar surface area (TPSA) is 49.3 Å².